The molecule has 21 heavy (non-hydrogen) atoms. The van der Waals surface area contributed by atoms with E-state index in [9.17, 15) is 0 Å². The first kappa shape index (κ1) is 17.0. The van der Waals surface area contributed by atoms with E-state index in [-0.39, 0.29) is 6.04 Å². The van der Waals surface area contributed by atoms with Crippen molar-refractivity contribution in [3.63, 3.8) is 0 Å². The molecule has 0 saturated carbocycles. The molecule has 1 atom stereocenters. The highest BCUT2D eigenvalue weighted by molar-refractivity contribution is 14.1. The summed E-state index contributed by atoms with van der Waals surface area (Å²) in [7, 11) is 1.90. The third kappa shape index (κ3) is 3.71. The van der Waals surface area contributed by atoms with Crippen molar-refractivity contribution >= 4 is 45.8 Å². The van der Waals surface area contributed by atoms with Crippen LogP contribution in [0.25, 0.3) is 0 Å². The van der Waals surface area contributed by atoms with Gasteiger partial charge < -0.3 is 0 Å². The lowest BCUT2D eigenvalue weighted by molar-refractivity contribution is 0.528. The van der Waals surface area contributed by atoms with Gasteiger partial charge in [0.15, 0.2) is 0 Å². The van der Waals surface area contributed by atoms with Gasteiger partial charge in [-0.15, -0.1) is 0 Å². The van der Waals surface area contributed by atoms with Crippen LogP contribution in [0, 0.1) is 3.57 Å². The van der Waals surface area contributed by atoms with Gasteiger partial charge in [0, 0.05) is 22.1 Å². The van der Waals surface area contributed by atoms with Crippen LogP contribution >= 0.6 is 45.8 Å². The Kier molecular flexibility index (Phi) is 5.90. The van der Waals surface area contributed by atoms with E-state index < -0.39 is 0 Å². The van der Waals surface area contributed by atoms with Gasteiger partial charge >= 0.3 is 0 Å². The van der Waals surface area contributed by atoms with Gasteiger partial charge in [0.1, 0.15) is 0 Å². The predicted molar refractivity (Wildman–Crippen MR) is 95.5 cm³/mol. The molecular formula is C14H17Cl2IN4. The Morgan fingerprint density at radius 1 is 1.43 bits per heavy atom. The number of hydrogen-bond donors (Lipinski definition) is 2. The summed E-state index contributed by atoms with van der Waals surface area (Å²) in [6, 6.07) is 5.70. The summed E-state index contributed by atoms with van der Waals surface area (Å²) in [5.74, 6) is 5.74. The molecule has 0 radical (unpaired) electrons. The van der Waals surface area contributed by atoms with Crippen molar-refractivity contribution < 1.29 is 0 Å². The van der Waals surface area contributed by atoms with Gasteiger partial charge in [-0.2, -0.15) is 5.10 Å². The highest BCUT2D eigenvalue weighted by atomic mass is 127. The standard InChI is InChI=1S/C14H17Cl2IN4/c1-3-11-14(16)13(21(2)20-11)7-12(19-18)9-6-8(15)4-5-10(9)17/h4-6,12,19H,3,7,18H2,1-2H3. The lowest BCUT2D eigenvalue weighted by atomic mass is 10.0. The maximum atomic E-state index is 6.41. The zero-order valence-electron chi connectivity index (χ0n) is 11.8. The molecule has 0 aliphatic heterocycles. The molecule has 1 unspecified atom stereocenters. The molecule has 1 aromatic heterocycles. The number of nitrogens with zero attached hydrogens (tertiary/aromatic N) is 2. The molecule has 0 aliphatic carbocycles. The molecule has 0 fully saturated rings. The lowest BCUT2D eigenvalue weighted by Gasteiger charge is -2.18. The quantitative estimate of drug-likeness (QED) is 0.425. The smallest absolute Gasteiger partial charge is 0.0850 e. The van der Waals surface area contributed by atoms with E-state index in [1.54, 1.807) is 0 Å². The van der Waals surface area contributed by atoms with Gasteiger partial charge in [0.2, 0.25) is 0 Å². The van der Waals surface area contributed by atoms with Crippen LogP contribution in [0.1, 0.15) is 29.9 Å². The van der Waals surface area contributed by atoms with Gasteiger partial charge in [-0.1, -0.05) is 30.1 Å². The van der Waals surface area contributed by atoms with Crippen molar-refractivity contribution in [3.05, 3.63) is 48.8 Å². The van der Waals surface area contributed by atoms with E-state index in [0.29, 0.717) is 11.4 Å². The average molecular weight is 439 g/mol. The van der Waals surface area contributed by atoms with Crippen molar-refractivity contribution in [1.29, 1.82) is 0 Å². The summed E-state index contributed by atoms with van der Waals surface area (Å²) in [4.78, 5) is 0. The minimum Gasteiger partial charge on any atom is -0.271 e. The van der Waals surface area contributed by atoms with Crippen molar-refractivity contribution in [1.82, 2.24) is 15.2 Å². The number of benzene rings is 1. The van der Waals surface area contributed by atoms with Gasteiger partial charge in [0.05, 0.1) is 22.5 Å². The molecular weight excluding hydrogens is 422 g/mol. The van der Waals surface area contributed by atoms with Gasteiger partial charge in [0.25, 0.3) is 0 Å². The largest absolute Gasteiger partial charge is 0.271 e. The van der Waals surface area contributed by atoms with Crippen LogP contribution in [0.2, 0.25) is 10.0 Å². The van der Waals surface area contributed by atoms with Crippen LogP contribution < -0.4 is 11.3 Å². The van der Waals surface area contributed by atoms with E-state index >= 15 is 0 Å². The maximum Gasteiger partial charge on any atom is 0.0850 e. The second-order valence-corrected chi connectivity index (χ2v) is 6.75. The summed E-state index contributed by atoms with van der Waals surface area (Å²) in [6.45, 7) is 2.04. The molecule has 7 heteroatoms. The second-order valence-electron chi connectivity index (χ2n) is 4.77. The molecule has 0 spiro atoms. The minimum atomic E-state index is -0.0757. The SMILES string of the molecule is CCc1nn(C)c(CC(NN)c2cc(Cl)ccc2I)c1Cl. The van der Waals surface area contributed by atoms with Crippen LogP contribution in [-0.4, -0.2) is 9.78 Å². The molecule has 114 valence electrons. The summed E-state index contributed by atoms with van der Waals surface area (Å²) in [5, 5.41) is 5.85. The molecule has 3 N–H and O–H groups in total. The molecule has 2 aromatic rings. The van der Waals surface area contributed by atoms with Crippen LogP contribution in [-0.2, 0) is 19.9 Å². The summed E-state index contributed by atoms with van der Waals surface area (Å²) >= 11 is 14.8. The zero-order chi connectivity index (χ0) is 15.6. The Balaban J connectivity index is 2.36. The Morgan fingerprint density at radius 3 is 2.71 bits per heavy atom. The Morgan fingerprint density at radius 2 is 2.14 bits per heavy atom. The first-order valence-electron chi connectivity index (χ1n) is 6.59. The number of rotatable bonds is 5. The molecule has 0 saturated heterocycles. The van der Waals surface area contributed by atoms with Crippen LogP contribution in [0.5, 0.6) is 0 Å². The second kappa shape index (κ2) is 7.28. The molecule has 1 aromatic carbocycles. The summed E-state index contributed by atoms with van der Waals surface area (Å²) < 4.78 is 2.93. The number of nitrogens with one attached hydrogen (secondary N) is 1. The highest BCUT2D eigenvalue weighted by Crippen LogP contribution is 2.29. The third-order valence-electron chi connectivity index (χ3n) is 3.44. The number of aryl methyl sites for hydroxylation is 2. The first-order valence-corrected chi connectivity index (χ1v) is 8.42. The Bertz CT molecular complexity index is 642. The summed E-state index contributed by atoms with van der Waals surface area (Å²) in [5.41, 5.74) is 5.78. The lowest BCUT2D eigenvalue weighted by Crippen LogP contribution is -2.30. The monoisotopic (exact) mass is 438 g/mol. The maximum absolute atomic E-state index is 6.41. The first-order chi connectivity index (χ1) is 9.97. The normalized spacial score (nSPS) is 12.7. The van der Waals surface area contributed by atoms with Crippen molar-refractivity contribution in [2.24, 2.45) is 12.9 Å². The molecule has 0 bridgehead atoms. The highest BCUT2D eigenvalue weighted by Gasteiger charge is 2.20. The van der Waals surface area contributed by atoms with Crippen molar-refractivity contribution in [3.8, 4) is 0 Å². The van der Waals surface area contributed by atoms with E-state index in [4.69, 9.17) is 29.0 Å². The number of aromatic nitrogens is 2. The zero-order valence-corrected chi connectivity index (χ0v) is 15.5. The Labute approximate surface area is 148 Å². The third-order valence-corrected chi connectivity index (χ3v) is 5.09. The number of hydrazine groups is 1. The van der Waals surface area contributed by atoms with Gasteiger partial charge in [-0.05, 0) is 52.8 Å². The van der Waals surface area contributed by atoms with E-state index in [1.807, 2.05) is 36.9 Å². The molecule has 4 nitrogen and oxygen atoms in total. The summed E-state index contributed by atoms with van der Waals surface area (Å²) in [6.07, 6.45) is 1.46. The fourth-order valence-corrected chi connectivity index (χ4v) is 3.54. The van der Waals surface area contributed by atoms with Crippen LogP contribution in [0.3, 0.4) is 0 Å². The predicted octanol–water partition coefficient (Wildman–Crippen LogP) is 3.64. The van der Waals surface area contributed by atoms with Crippen molar-refractivity contribution in [2.45, 2.75) is 25.8 Å². The number of nitrogens with two attached hydrogens (primary N) is 1. The molecule has 1 heterocycles. The van der Waals surface area contributed by atoms with E-state index in [2.05, 4.69) is 33.1 Å². The number of hydrogen-bond acceptors (Lipinski definition) is 3. The fraction of sp³-hybridized carbons (Fsp3) is 0.357. The van der Waals surface area contributed by atoms with E-state index in [1.165, 1.54) is 0 Å². The fourth-order valence-electron chi connectivity index (χ4n) is 2.28. The van der Waals surface area contributed by atoms with Crippen molar-refractivity contribution in [2.75, 3.05) is 0 Å². The average Bonchev–Trinajstić information content (AvgIpc) is 2.74. The minimum absolute atomic E-state index is 0.0757. The topological polar surface area (TPSA) is 55.9 Å². The molecule has 2 rings (SSSR count). The van der Waals surface area contributed by atoms with E-state index in [0.717, 1.165) is 32.0 Å². The molecule has 0 amide bonds. The van der Waals surface area contributed by atoms with Gasteiger partial charge in [-0.25, -0.2) is 0 Å². The van der Waals surface area contributed by atoms with Gasteiger partial charge in [-0.3, -0.25) is 16.0 Å². The number of halogens is 3. The van der Waals surface area contributed by atoms with Crippen LogP contribution in [0.15, 0.2) is 18.2 Å². The Hall–Kier alpha value is -0.340. The van der Waals surface area contributed by atoms with Crippen LogP contribution in [0.4, 0.5) is 0 Å². The molecule has 0 aliphatic rings.